The summed E-state index contributed by atoms with van der Waals surface area (Å²) in [7, 11) is 0. The number of piperidine rings is 1. The third kappa shape index (κ3) is 4.57. The van der Waals surface area contributed by atoms with Crippen molar-refractivity contribution in [1.29, 1.82) is 0 Å². The minimum atomic E-state index is -0.00762. The van der Waals surface area contributed by atoms with Crippen LogP contribution in [0.1, 0.15) is 45.6 Å². The van der Waals surface area contributed by atoms with Gasteiger partial charge >= 0.3 is 5.97 Å². The van der Waals surface area contributed by atoms with Crippen LogP contribution in [0, 0.1) is 5.92 Å². The number of benzene rings is 1. The average Bonchev–Trinajstić information content (AvgIpc) is 2.54. The minimum Gasteiger partial charge on any atom is -0.466 e. The molecule has 0 aliphatic carbocycles. The summed E-state index contributed by atoms with van der Waals surface area (Å²) in [5.74, 6) is 0.102. The zero-order valence-electron chi connectivity index (χ0n) is 14.2. The lowest BCUT2D eigenvalue weighted by Crippen LogP contribution is -2.39. The summed E-state index contributed by atoms with van der Waals surface area (Å²) in [4.78, 5) is 14.3. The molecule has 0 spiro atoms. The molecule has 3 heteroatoms. The highest BCUT2D eigenvalue weighted by molar-refractivity contribution is 5.72. The van der Waals surface area contributed by atoms with Crippen LogP contribution >= 0.6 is 0 Å². The summed E-state index contributed by atoms with van der Waals surface area (Å²) < 4.78 is 5.13. The van der Waals surface area contributed by atoms with Gasteiger partial charge in [-0.05, 0) is 56.8 Å². The van der Waals surface area contributed by atoms with E-state index in [1.54, 1.807) is 0 Å². The Bertz CT molecular complexity index is 462. The summed E-state index contributed by atoms with van der Waals surface area (Å²) in [6, 6.07) is 10.7. The fraction of sp³-hybridized carbons (Fsp3) is 0.632. The zero-order chi connectivity index (χ0) is 16.0. The highest BCUT2D eigenvalue weighted by Gasteiger charge is 2.27. The number of esters is 1. The molecular formula is C19H29NO2. The molecule has 22 heavy (non-hydrogen) atoms. The van der Waals surface area contributed by atoms with Crippen LogP contribution in [0.2, 0.25) is 0 Å². The minimum absolute atomic E-state index is 0.00762. The third-order valence-electron chi connectivity index (χ3n) is 4.82. The lowest BCUT2D eigenvalue weighted by atomic mass is 9.81. The first-order chi connectivity index (χ1) is 10.5. The van der Waals surface area contributed by atoms with Crippen LogP contribution in [0.4, 0.5) is 0 Å². The van der Waals surface area contributed by atoms with Gasteiger partial charge in [-0.15, -0.1) is 0 Å². The predicted octanol–water partition coefficient (Wildman–Crippen LogP) is 3.63. The molecule has 0 aromatic heterocycles. The number of likely N-dealkylation sites (tertiary alicyclic amines) is 1. The van der Waals surface area contributed by atoms with Crippen molar-refractivity contribution >= 4 is 5.97 Å². The van der Waals surface area contributed by atoms with Gasteiger partial charge in [-0.3, -0.25) is 4.79 Å². The van der Waals surface area contributed by atoms with Crippen LogP contribution in [0.3, 0.4) is 0 Å². The molecule has 1 heterocycles. The second-order valence-electron chi connectivity index (χ2n) is 6.87. The molecule has 1 fully saturated rings. The number of hydrogen-bond acceptors (Lipinski definition) is 3. The van der Waals surface area contributed by atoms with Crippen molar-refractivity contribution in [3.8, 4) is 0 Å². The van der Waals surface area contributed by atoms with Crippen LogP contribution in [0.5, 0.6) is 0 Å². The smallest absolute Gasteiger partial charge is 0.309 e. The molecule has 1 aromatic carbocycles. The van der Waals surface area contributed by atoms with Crippen LogP contribution in [-0.4, -0.2) is 37.1 Å². The van der Waals surface area contributed by atoms with Crippen molar-refractivity contribution in [1.82, 2.24) is 4.90 Å². The van der Waals surface area contributed by atoms with Gasteiger partial charge in [0.25, 0.3) is 0 Å². The van der Waals surface area contributed by atoms with Crippen LogP contribution in [-0.2, 0) is 14.9 Å². The second kappa shape index (κ2) is 7.77. The standard InChI is InChI=1S/C19H29NO2/c1-4-22-18(21)16-10-13-20(14-11-16)15-12-19(2,3)17-8-6-5-7-9-17/h5-9,16H,4,10-15H2,1-3H3. The van der Waals surface area contributed by atoms with E-state index in [9.17, 15) is 4.79 Å². The molecule has 1 aliphatic heterocycles. The van der Waals surface area contributed by atoms with E-state index in [1.807, 2.05) is 6.92 Å². The molecule has 122 valence electrons. The van der Waals surface area contributed by atoms with Crippen molar-refractivity contribution in [2.24, 2.45) is 5.92 Å². The van der Waals surface area contributed by atoms with Gasteiger partial charge in [0.2, 0.25) is 0 Å². The van der Waals surface area contributed by atoms with Crippen molar-refractivity contribution in [2.45, 2.75) is 45.4 Å². The molecule has 2 rings (SSSR count). The van der Waals surface area contributed by atoms with E-state index in [0.717, 1.165) is 38.9 Å². The van der Waals surface area contributed by atoms with E-state index in [1.165, 1.54) is 5.56 Å². The molecule has 0 radical (unpaired) electrons. The Morgan fingerprint density at radius 1 is 1.23 bits per heavy atom. The second-order valence-corrected chi connectivity index (χ2v) is 6.87. The normalized spacial score (nSPS) is 17.4. The molecule has 0 amide bonds. The Labute approximate surface area is 134 Å². The molecule has 1 aliphatic rings. The molecule has 0 atom stereocenters. The van der Waals surface area contributed by atoms with E-state index >= 15 is 0 Å². The van der Waals surface area contributed by atoms with Gasteiger partial charge in [0, 0.05) is 0 Å². The summed E-state index contributed by atoms with van der Waals surface area (Å²) in [5.41, 5.74) is 1.59. The van der Waals surface area contributed by atoms with Crippen molar-refractivity contribution in [3.05, 3.63) is 35.9 Å². The lowest BCUT2D eigenvalue weighted by molar-refractivity contribution is -0.149. The highest BCUT2D eigenvalue weighted by Crippen LogP contribution is 2.28. The molecule has 0 unspecified atom stereocenters. The molecule has 1 saturated heterocycles. The van der Waals surface area contributed by atoms with Gasteiger partial charge < -0.3 is 9.64 Å². The molecule has 3 nitrogen and oxygen atoms in total. The molecular weight excluding hydrogens is 274 g/mol. The fourth-order valence-electron chi connectivity index (χ4n) is 3.12. The Morgan fingerprint density at radius 3 is 2.45 bits per heavy atom. The fourth-order valence-corrected chi connectivity index (χ4v) is 3.12. The van der Waals surface area contributed by atoms with Crippen molar-refractivity contribution in [2.75, 3.05) is 26.2 Å². The topological polar surface area (TPSA) is 29.5 Å². The van der Waals surface area contributed by atoms with Crippen LogP contribution in [0.15, 0.2) is 30.3 Å². The van der Waals surface area contributed by atoms with Crippen molar-refractivity contribution in [3.63, 3.8) is 0 Å². The number of carbonyl (C=O) groups is 1. The Morgan fingerprint density at radius 2 is 1.86 bits per heavy atom. The first-order valence-electron chi connectivity index (χ1n) is 8.47. The number of nitrogens with zero attached hydrogens (tertiary/aromatic N) is 1. The predicted molar refractivity (Wildman–Crippen MR) is 89.9 cm³/mol. The Kier molecular flexibility index (Phi) is 6.01. The maximum Gasteiger partial charge on any atom is 0.309 e. The SMILES string of the molecule is CCOC(=O)C1CCN(CCC(C)(C)c2ccccc2)CC1. The third-order valence-corrected chi connectivity index (χ3v) is 4.82. The first kappa shape index (κ1) is 17.0. The van der Waals surface area contributed by atoms with E-state index in [-0.39, 0.29) is 17.3 Å². The molecule has 0 bridgehead atoms. The first-order valence-corrected chi connectivity index (χ1v) is 8.47. The molecule has 0 N–H and O–H groups in total. The van der Waals surface area contributed by atoms with E-state index < -0.39 is 0 Å². The average molecular weight is 303 g/mol. The zero-order valence-corrected chi connectivity index (χ0v) is 14.2. The number of carbonyl (C=O) groups excluding carboxylic acids is 1. The number of hydrogen-bond donors (Lipinski definition) is 0. The summed E-state index contributed by atoms with van der Waals surface area (Å²) >= 11 is 0. The van der Waals surface area contributed by atoms with E-state index in [0.29, 0.717) is 6.61 Å². The van der Waals surface area contributed by atoms with Crippen LogP contribution in [0.25, 0.3) is 0 Å². The number of ether oxygens (including phenoxy) is 1. The highest BCUT2D eigenvalue weighted by atomic mass is 16.5. The van der Waals surface area contributed by atoms with Gasteiger partial charge in [-0.2, -0.15) is 0 Å². The van der Waals surface area contributed by atoms with Gasteiger partial charge in [0.05, 0.1) is 12.5 Å². The summed E-state index contributed by atoms with van der Waals surface area (Å²) in [6.07, 6.45) is 3.01. The Balaban J connectivity index is 1.78. The quantitative estimate of drug-likeness (QED) is 0.752. The summed E-state index contributed by atoms with van der Waals surface area (Å²) in [6.45, 7) is 10.1. The largest absolute Gasteiger partial charge is 0.466 e. The van der Waals surface area contributed by atoms with Gasteiger partial charge in [-0.25, -0.2) is 0 Å². The van der Waals surface area contributed by atoms with Crippen LogP contribution < -0.4 is 0 Å². The van der Waals surface area contributed by atoms with E-state index in [2.05, 4.69) is 49.1 Å². The number of rotatable bonds is 6. The maximum absolute atomic E-state index is 11.8. The Hall–Kier alpha value is -1.35. The van der Waals surface area contributed by atoms with Crippen molar-refractivity contribution < 1.29 is 9.53 Å². The van der Waals surface area contributed by atoms with Gasteiger partial charge in [0.15, 0.2) is 0 Å². The molecule has 0 saturated carbocycles. The lowest BCUT2D eigenvalue weighted by Gasteiger charge is -2.34. The van der Waals surface area contributed by atoms with Gasteiger partial charge in [0.1, 0.15) is 0 Å². The maximum atomic E-state index is 11.8. The van der Waals surface area contributed by atoms with E-state index in [4.69, 9.17) is 4.74 Å². The monoisotopic (exact) mass is 303 g/mol. The molecule has 1 aromatic rings. The van der Waals surface area contributed by atoms with Gasteiger partial charge in [-0.1, -0.05) is 44.2 Å². The summed E-state index contributed by atoms with van der Waals surface area (Å²) in [5, 5.41) is 0.